The molecule has 178 valence electrons. The molecule has 1 aliphatic heterocycles. The summed E-state index contributed by atoms with van der Waals surface area (Å²) in [5.74, 6) is -2.91. The Morgan fingerprint density at radius 3 is 2.24 bits per heavy atom. The van der Waals surface area contributed by atoms with Crippen molar-refractivity contribution in [3.05, 3.63) is 57.6 Å². The number of carbonyl (C=O) groups is 1. The molecule has 0 aliphatic carbocycles. The van der Waals surface area contributed by atoms with Gasteiger partial charge < -0.3 is 14.4 Å². The number of methoxy groups -OCH3 is 1. The first-order valence-corrected chi connectivity index (χ1v) is 11.3. The van der Waals surface area contributed by atoms with Gasteiger partial charge in [-0.2, -0.15) is 4.31 Å². The van der Waals surface area contributed by atoms with E-state index in [0.717, 1.165) is 28.6 Å². The van der Waals surface area contributed by atoms with Gasteiger partial charge in [-0.25, -0.2) is 17.2 Å². The van der Waals surface area contributed by atoms with E-state index in [0.29, 0.717) is 0 Å². The Labute approximate surface area is 188 Å². The number of nitro benzene ring substituents is 1. The number of sulfonamides is 1. The normalized spacial score (nSPS) is 14.7. The topological polar surface area (TPSA) is 119 Å². The first-order valence-electron chi connectivity index (χ1n) is 9.84. The van der Waals surface area contributed by atoms with Crippen molar-refractivity contribution in [2.24, 2.45) is 0 Å². The van der Waals surface area contributed by atoms with Gasteiger partial charge in [-0.05, 0) is 19.1 Å². The molecular weight excluding hydrogens is 464 g/mol. The molecule has 0 atom stereocenters. The van der Waals surface area contributed by atoms with Crippen molar-refractivity contribution in [3.63, 3.8) is 0 Å². The van der Waals surface area contributed by atoms with Crippen LogP contribution in [0, 0.1) is 21.7 Å². The van der Waals surface area contributed by atoms with E-state index in [1.807, 2.05) is 0 Å². The van der Waals surface area contributed by atoms with Crippen LogP contribution in [0.25, 0.3) is 0 Å². The Kier molecular flexibility index (Phi) is 7.12. The highest BCUT2D eigenvalue weighted by Crippen LogP contribution is 2.35. The minimum Gasteiger partial charge on any atom is -0.493 e. The fourth-order valence-electron chi connectivity index (χ4n) is 3.46. The number of benzene rings is 2. The molecule has 33 heavy (non-hydrogen) atoms. The zero-order chi connectivity index (χ0) is 24.3. The van der Waals surface area contributed by atoms with E-state index in [2.05, 4.69) is 0 Å². The van der Waals surface area contributed by atoms with Crippen LogP contribution in [0.3, 0.4) is 0 Å². The fourth-order valence-corrected chi connectivity index (χ4v) is 4.99. The second-order valence-corrected chi connectivity index (χ2v) is 8.83. The summed E-state index contributed by atoms with van der Waals surface area (Å²) in [4.78, 5) is 24.0. The fraction of sp³-hybridized carbons (Fsp3) is 0.350. The summed E-state index contributed by atoms with van der Waals surface area (Å²) in [5, 5.41) is 11.5. The van der Waals surface area contributed by atoms with Crippen molar-refractivity contribution in [2.75, 3.05) is 39.9 Å². The number of ether oxygens (including phenoxy) is 2. The van der Waals surface area contributed by atoms with Crippen LogP contribution in [-0.2, 0) is 10.0 Å². The van der Waals surface area contributed by atoms with E-state index in [1.54, 1.807) is 6.92 Å². The van der Waals surface area contributed by atoms with Crippen LogP contribution in [0.15, 0.2) is 35.2 Å². The smallest absolute Gasteiger partial charge is 0.286 e. The molecule has 1 saturated heterocycles. The first-order chi connectivity index (χ1) is 15.6. The summed E-state index contributed by atoms with van der Waals surface area (Å²) >= 11 is 0. The molecule has 0 radical (unpaired) electrons. The van der Waals surface area contributed by atoms with Gasteiger partial charge in [0.05, 0.1) is 24.7 Å². The summed E-state index contributed by atoms with van der Waals surface area (Å²) < 4.78 is 64.8. The molecule has 1 amide bonds. The van der Waals surface area contributed by atoms with Crippen LogP contribution in [0.4, 0.5) is 14.5 Å². The zero-order valence-electron chi connectivity index (χ0n) is 17.8. The quantitative estimate of drug-likeness (QED) is 0.436. The summed E-state index contributed by atoms with van der Waals surface area (Å²) in [7, 11) is -3.17. The Morgan fingerprint density at radius 2 is 1.73 bits per heavy atom. The lowest BCUT2D eigenvalue weighted by atomic mass is 10.1. The van der Waals surface area contributed by atoms with Crippen LogP contribution in [0.5, 0.6) is 11.5 Å². The number of rotatable bonds is 7. The van der Waals surface area contributed by atoms with Crippen LogP contribution in [-0.4, -0.2) is 68.3 Å². The van der Waals surface area contributed by atoms with E-state index in [4.69, 9.17) is 9.47 Å². The highest BCUT2D eigenvalue weighted by Gasteiger charge is 2.36. The molecule has 13 heteroatoms. The van der Waals surface area contributed by atoms with Gasteiger partial charge in [0, 0.05) is 32.2 Å². The Morgan fingerprint density at radius 1 is 1.12 bits per heavy atom. The molecule has 1 fully saturated rings. The second kappa shape index (κ2) is 9.67. The molecule has 2 aromatic carbocycles. The van der Waals surface area contributed by atoms with E-state index in [-0.39, 0.29) is 49.8 Å². The van der Waals surface area contributed by atoms with Crippen LogP contribution >= 0.6 is 0 Å². The van der Waals surface area contributed by atoms with E-state index in [1.165, 1.54) is 18.1 Å². The molecule has 0 unspecified atom stereocenters. The molecule has 0 N–H and O–H groups in total. The maximum absolute atomic E-state index is 14.0. The Balaban J connectivity index is 1.85. The third-order valence-electron chi connectivity index (χ3n) is 5.05. The Hall–Kier alpha value is -3.32. The van der Waals surface area contributed by atoms with Crippen molar-refractivity contribution in [1.29, 1.82) is 0 Å². The Bertz CT molecular complexity index is 1160. The van der Waals surface area contributed by atoms with Crippen molar-refractivity contribution in [2.45, 2.75) is 11.8 Å². The summed E-state index contributed by atoms with van der Waals surface area (Å²) in [6.07, 6.45) is 0. The molecule has 0 spiro atoms. The van der Waals surface area contributed by atoms with Gasteiger partial charge in [-0.15, -0.1) is 0 Å². The van der Waals surface area contributed by atoms with Crippen molar-refractivity contribution >= 4 is 21.6 Å². The highest BCUT2D eigenvalue weighted by molar-refractivity contribution is 7.89. The third-order valence-corrected chi connectivity index (χ3v) is 7.00. The van der Waals surface area contributed by atoms with Gasteiger partial charge in [0.25, 0.3) is 11.6 Å². The second-order valence-electron chi connectivity index (χ2n) is 6.96. The number of amides is 1. The minimum absolute atomic E-state index is 0.0860. The number of piperazine rings is 1. The predicted octanol–water partition coefficient (Wildman–Crippen LogP) is 2.43. The molecule has 1 aliphatic rings. The predicted molar refractivity (Wildman–Crippen MR) is 112 cm³/mol. The third kappa shape index (κ3) is 4.73. The lowest BCUT2D eigenvalue weighted by molar-refractivity contribution is -0.385. The standard InChI is InChI=1S/C20H21F2N3O7S/c1-3-32-18-11-13(16(25(27)28)12-17(18)31-2)20(26)23-7-9-24(10-8-23)33(29,30)19-14(21)5-4-6-15(19)22/h4-6,11-12H,3,7-10H2,1-2H3. The highest BCUT2D eigenvalue weighted by atomic mass is 32.2. The summed E-state index contributed by atoms with van der Waals surface area (Å²) in [6.45, 7) is 1.15. The molecule has 1 heterocycles. The minimum atomic E-state index is -4.48. The molecular formula is C20H21F2N3O7S. The van der Waals surface area contributed by atoms with Gasteiger partial charge in [0.2, 0.25) is 10.0 Å². The molecule has 0 aromatic heterocycles. The van der Waals surface area contributed by atoms with Gasteiger partial charge in [-0.1, -0.05) is 6.07 Å². The van der Waals surface area contributed by atoms with Gasteiger partial charge in [-0.3, -0.25) is 14.9 Å². The van der Waals surface area contributed by atoms with Crippen LogP contribution < -0.4 is 9.47 Å². The van der Waals surface area contributed by atoms with Crippen LogP contribution in [0.1, 0.15) is 17.3 Å². The lowest BCUT2D eigenvalue weighted by Gasteiger charge is -2.34. The van der Waals surface area contributed by atoms with Gasteiger partial charge in [0.1, 0.15) is 17.2 Å². The molecule has 10 nitrogen and oxygen atoms in total. The average Bonchev–Trinajstić information content (AvgIpc) is 2.78. The summed E-state index contributed by atoms with van der Waals surface area (Å²) in [6, 6.07) is 5.03. The molecule has 0 saturated carbocycles. The van der Waals surface area contributed by atoms with Gasteiger partial charge in [0.15, 0.2) is 16.4 Å². The number of nitro groups is 1. The maximum Gasteiger partial charge on any atom is 0.286 e. The van der Waals surface area contributed by atoms with Gasteiger partial charge >= 0.3 is 0 Å². The monoisotopic (exact) mass is 485 g/mol. The van der Waals surface area contributed by atoms with E-state index >= 15 is 0 Å². The maximum atomic E-state index is 14.0. The van der Waals surface area contributed by atoms with E-state index < -0.39 is 43.1 Å². The SMILES string of the molecule is CCOc1cc(C(=O)N2CCN(S(=O)(=O)c3c(F)cccc3F)CC2)c([N+](=O)[O-])cc1OC. The average molecular weight is 485 g/mol. The largest absolute Gasteiger partial charge is 0.493 e. The van der Waals surface area contributed by atoms with Crippen molar-refractivity contribution < 1.29 is 36.4 Å². The van der Waals surface area contributed by atoms with E-state index in [9.17, 15) is 32.1 Å². The number of carbonyl (C=O) groups excluding carboxylic acids is 1. The van der Waals surface area contributed by atoms with Crippen molar-refractivity contribution in [3.8, 4) is 11.5 Å². The van der Waals surface area contributed by atoms with Crippen molar-refractivity contribution in [1.82, 2.24) is 9.21 Å². The first kappa shape index (κ1) is 24.3. The lowest BCUT2D eigenvalue weighted by Crippen LogP contribution is -2.50. The number of hydrogen-bond acceptors (Lipinski definition) is 7. The molecule has 3 rings (SSSR count). The van der Waals surface area contributed by atoms with Crippen LogP contribution in [0.2, 0.25) is 0 Å². The molecule has 0 bridgehead atoms. The number of halogens is 2. The zero-order valence-corrected chi connectivity index (χ0v) is 18.6. The molecule has 2 aromatic rings. The summed E-state index contributed by atoms with van der Waals surface area (Å²) in [5.41, 5.74) is -0.746. The number of hydrogen-bond donors (Lipinski definition) is 0. The number of nitrogens with zero attached hydrogens (tertiary/aromatic N) is 3.